The average Bonchev–Trinajstić information content (AvgIpc) is 3.15. The standard InChI is InChI=1S/C22H26O6/c1-21(2)27-19-18(14-25-13-15-9-5-4-6-10-15)26-22(23,20(19)28-21)16-11-7-8-12-17(16)24-3/h4-12,18-20,23H,13-14H2,1-3H3/t18-,19-,20-,22?/m1/s1. The molecular weight excluding hydrogens is 360 g/mol. The first-order valence-electron chi connectivity index (χ1n) is 9.44. The summed E-state index contributed by atoms with van der Waals surface area (Å²) in [7, 11) is 1.56. The van der Waals surface area contributed by atoms with Crippen molar-refractivity contribution < 1.29 is 28.8 Å². The Morgan fingerprint density at radius 1 is 0.964 bits per heavy atom. The number of benzene rings is 2. The third kappa shape index (κ3) is 3.54. The number of ether oxygens (including phenoxy) is 5. The molecule has 2 aromatic rings. The topological polar surface area (TPSA) is 66.4 Å². The lowest BCUT2D eigenvalue weighted by atomic mass is 9.97. The molecule has 0 bridgehead atoms. The van der Waals surface area contributed by atoms with Gasteiger partial charge in [-0.25, -0.2) is 0 Å². The molecule has 4 atom stereocenters. The van der Waals surface area contributed by atoms with Gasteiger partial charge in [-0.1, -0.05) is 42.5 Å². The highest BCUT2D eigenvalue weighted by Gasteiger charge is 2.63. The van der Waals surface area contributed by atoms with Crippen LogP contribution in [-0.4, -0.2) is 42.9 Å². The van der Waals surface area contributed by atoms with Crippen LogP contribution in [0, 0.1) is 0 Å². The van der Waals surface area contributed by atoms with Crippen molar-refractivity contribution in [2.75, 3.05) is 13.7 Å². The molecule has 2 saturated heterocycles. The maximum atomic E-state index is 11.5. The number of hydrogen-bond acceptors (Lipinski definition) is 6. The largest absolute Gasteiger partial charge is 0.496 e. The molecule has 0 radical (unpaired) electrons. The molecule has 28 heavy (non-hydrogen) atoms. The summed E-state index contributed by atoms with van der Waals surface area (Å²) in [4.78, 5) is 0. The molecule has 0 amide bonds. The van der Waals surface area contributed by atoms with Gasteiger partial charge >= 0.3 is 0 Å². The fourth-order valence-corrected chi connectivity index (χ4v) is 3.88. The van der Waals surface area contributed by atoms with Gasteiger partial charge in [0.1, 0.15) is 24.1 Å². The van der Waals surface area contributed by atoms with E-state index < -0.39 is 29.9 Å². The highest BCUT2D eigenvalue weighted by molar-refractivity contribution is 5.39. The number of hydrogen-bond donors (Lipinski definition) is 1. The Morgan fingerprint density at radius 2 is 1.68 bits per heavy atom. The first-order chi connectivity index (χ1) is 13.4. The van der Waals surface area contributed by atoms with Gasteiger partial charge in [0, 0.05) is 0 Å². The first kappa shape index (κ1) is 19.4. The third-order valence-corrected chi connectivity index (χ3v) is 5.10. The summed E-state index contributed by atoms with van der Waals surface area (Å²) < 4.78 is 29.4. The number of para-hydroxylation sites is 1. The summed E-state index contributed by atoms with van der Waals surface area (Å²) in [5, 5.41) is 11.5. The van der Waals surface area contributed by atoms with E-state index in [4.69, 9.17) is 23.7 Å². The Balaban J connectivity index is 1.55. The van der Waals surface area contributed by atoms with E-state index in [1.165, 1.54) is 0 Å². The van der Waals surface area contributed by atoms with E-state index in [9.17, 15) is 5.11 Å². The fourth-order valence-electron chi connectivity index (χ4n) is 3.88. The Labute approximate surface area is 164 Å². The summed E-state index contributed by atoms with van der Waals surface area (Å²) in [6.07, 6.45) is -1.63. The molecule has 2 heterocycles. The molecule has 150 valence electrons. The summed E-state index contributed by atoms with van der Waals surface area (Å²) in [6, 6.07) is 17.1. The summed E-state index contributed by atoms with van der Waals surface area (Å²) >= 11 is 0. The Kier molecular flexibility index (Phi) is 5.16. The molecule has 2 aliphatic heterocycles. The van der Waals surface area contributed by atoms with Crippen molar-refractivity contribution in [3.05, 3.63) is 65.7 Å². The number of fused-ring (bicyclic) bond motifs is 1. The highest BCUT2D eigenvalue weighted by atomic mass is 16.8. The van der Waals surface area contributed by atoms with Gasteiger partial charge in [-0.15, -0.1) is 0 Å². The molecule has 2 fully saturated rings. The van der Waals surface area contributed by atoms with Crippen LogP contribution < -0.4 is 4.74 Å². The zero-order valence-electron chi connectivity index (χ0n) is 16.3. The van der Waals surface area contributed by atoms with Gasteiger partial charge in [-0.2, -0.15) is 0 Å². The molecule has 2 aliphatic rings. The SMILES string of the molecule is COc1ccccc1C1(O)O[C@H](COCc2ccccc2)[C@H]2OC(C)(C)O[C@H]21. The Hall–Kier alpha value is -1.96. The molecular formula is C22H26O6. The molecule has 6 heteroatoms. The van der Waals surface area contributed by atoms with Crippen molar-refractivity contribution in [1.82, 2.24) is 0 Å². The minimum absolute atomic E-state index is 0.271. The van der Waals surface area contributed by atoms with Gasteiger partial charge in [-0.05, 0) is 31.5 Å². The quantitative estimate of drug-likeness (QED) is 0.823. The zero-order chi connectivity index (χ0) is 19.8. The predicted octanol–water partition coefficient (Wildman–Crippen LogP) is 2.98. The molecule has 0 saturated carbocycles. The fraction of sp³-hybridized carbons (Fsp3) is 0.455. The van der Waals surface area contributed by atoms with Crippen molar-refractivity contribution >= 4 is 0 Å². The van der Waals surface area contributed by atoms with Crippen LogP contribution in [0.2, 0.25) is 0 Å². The molecule has 0 spiro atoms. The van der Waals surface area contributed by atoms with Crippen LogP contribution in [0.5, 0.6) is 5.75 Å². The second kappa shape index (κ2) is 7.46. The van der Waals surface area contributed by atoms with Crippen molar-refractivity contribution in [1.29, 1.82) is 0 Å². The monoisotopic (exact) mass is 386 g/mol. The first-order valence-corrected chi connectivity index (χ1v) is 9.44. The number of rotatable bonds is 6. The van der Waals surface area contributed by atoms with Gasteiger partial charge in [-0.3, -0.25) is 0 Å². The molecule has 2 aromatic carbocycles. The lowest BCUT2D eigenvalue weighted by molar-refractivity contribution is -0.285. The van der Waals surface area contributed by atoms with Crippen molar-refractivity contribution in [2.45, 2.75) is 50.3 Å². The molecule has 1 N–H and O–H groups in total. The molecule has 6 nitrogen and oxygen atoms in total. The number of methoxy groups -OCH3 is 1. The highest BCUT2D eigenvalue weighted by Crippen LogP contribution is 2.49. The summed E-state index contributed by atoms with van der Waals surface area (Å²) in [5.74, 6) is -1.98. The lowest BCUT2D eigenvalue weighted by Gasteiger charge is -2.31. The second-order valence-corrected chi connectivity index (χ2v) is 7.57. The van der Waals surface area contributed by atoms with Crippen molar-refractivity contribution in [2.24, 2.45) is 0 Å². The van der Waals surface area contributed by atoms with Crippen LogP contribution in [0.4, 0.5) is 0 Å². The smallest absolute Gasteiger partial charge is 0.226 e. The third-order valence-electron chi connectivity index (χ3n) is 5.10. The van der Waals surface area contributed by atoms with Crippen LogP contribution in [-0.2, 0) is 31.3 Å². The van der Waals surface area contributed by atoms with E-state index in [1.807, 2.05) is 56.3 Å². The van der Waals surface area contributed by atoms with Crippen LogP contribution in [0.1, 0.15) is 25.0 Å². The minimum atomic E-state index is -1.69. The van der Waals surface area contributed by atoms with E-state index in [-0.39, 0.29) is 6.61 Å². The van der Waals surface area contributed by atoms with Crippen LogP contribution in [0.25, 0.3) is 0 Å². The Morgan fingerprint density at radius 3 is 2.43 bits per heavy atom. The van der Waals surface area contributed by atoms with Crippen molar-refractivity contribution in [3.8, 4) is 5.75 Å². The van der Waals surface area contributed by atoms with Crippen LogP contribution in [0.3, 0.4) is 0 Å². The van der Waals surface area contributed by atoms with Gasteiger partial charge in [0.15, 0.2) is 5.79 Å². The lowest BCUT2D eigenvalue weighted by Crippen LogP contribution is -2.40. The van der Waals surface area contributed by atoms with Crippen molar-refractivity contribution in [3.63, 3.8) is 0 Å². The molecule has 1 unspecified atom stereocenters. The summed E-state index contributed by atoms with van der Waals surface area (Å²) in [5.41, 5.74) is 1.58. The van der Waals surface area contributed by atoms with E-state index in [1.54, 1.807) is 19.2 Å². The van der Waals surface area contributed by atoms with E-state index >= 15 is 0 Å². The maximum Gasteiger partial charge on any atom is 0.226 e. The number of aliphatic hydroxyl groups is 1. The Bertz CT molecular complexity index is 808. The molecule has 4 rings (SSSR count). The zero-order valence-corrected chi connectivity index (χ0v) is 16.3. The molecule has 0 aromatic heterocycles. The van der Waals surface area contributed by atoms with Gasteiger partial charge in [0.05, 0.1) is 25.9 Å². The van der Waals surface area contributed by atoms with Gasteiger partial charge < -0.3 is 28.8 Å². The minimum Gasteiger partial charge on any atom is -0.496 e. The molecule has 0 aliphatic carbocycles. The summed E-state index contributed by atoms with van der Waals surface area (Å²) in [6.45, 7) is 4.38. The van der Waals surface area contributed by atoms with Crippen LogP contribution >= 0.6 is 0 Å². The predicted molar refractivity (Wildman–Crippen MR) is 102 cm³/mol. The van der Waals surface area contributed by atoms with Gasteiger partial charge in [0.25, 0.3) is 0 Å². The second-order valence-electron chi connectivity index (χ2n) is 7.57. The normalized spacial score (nSPS) is 30.9. The van der Waals surface area contributed by atoms with Gasteiger partial charge in [0.2, 0.25) is 5.79 Å². The van der Waals surface area contributed by atoms with Crippen LogP contribution in [0.15, 0.2) is 54.6 Å². The average molecular weight is 386 g/mol. The van der Waals surface area contributed by atoms with E-state index in [0.29, 0.717) is 17.9 Å². The van der Waals surface area contributed by atoms with E-state index in [2.05, 4.69) is 0 Å². The maximum absolute atomic E-state index is 11.5. The van der Waals surface area contributed by atoms with E-state index in [0.717, 1.165) is 5.56 Å².